The van der Waals surface area contributed by atoms with Gasteiger partial charge in [-0.05, 0) is 31.8 Å². The van der Waals surface area contributed by atoms with Gasteiger partial charge in [-0.25, -0.2) is 0 Å². The number of likely N-dealkylation sites (tertiary alicyclic amines) is 1. The van der Waals surface area contributed by atoms with Crippen LogP contribution < -0.4 is 0 Å². The Kier molecular flexibility index (Phi) is 3.50. The first kappa shape index (κ1) is 8.35. The van der Waals surface area contributed by atoms with E-state index in [-0.39, 0.29) is 0 Å². The molecule has 0 aromatic rings. The first-order valence-corrected chi connectivity index (χ1v) is 4.68. The van der Waals surface area contributed by atoms with Crippen LogP contribution in [0.5, 0.6) is 0 Å². The van der Waals surface area contributed by atoms with Crippen LogP contribution in [-0.2, 0) is 0 Å². The van der Waals surface area contributed by atoms with Crippen molar-refractivity contribution >= 4 is 11.6 Å². The molecule has 0 N–H and O–H groups in total. The summed E-state index contributed by atoms with van der Waals surface area (Å²) < 4.78 is 0. The molecular formula is C8H16ClN. The summed E-state index contributed by atoms with van der Waals surface area (Å²) in [5.41, 5.74) is 0. The third kappa shape index (κ3) is 2.14. The third-order valence-corrected chi connectivity index (χ3v) is 2.55. The minimum absolute atomic E-state index is 0.836. The Labute approximate surface area is 68.4 Å². The van der Waals surface area contributed by atoms with Gasteiger partial charge in [0.25, 0.3) is 0 Å². The second kappa shape index (κ2) is 4.20. The fourth-order valence-electron chi connectivity index (χ4n) is 1.59. The summed E-state index contributed by atoms with van der Waals surface area (Å²) >= 11 is 5.65. The lowest BCUT2D eigenvalue weighted by Crippen LogP contribution is -2.19. The SMILES string of the molecule is CCN1CCC(CCCl)C1. The second-order valence-corrected chi connectivity index (χ2v) is 3.40. The third-order valence-electron chi connectivity index (χ3n) is 2.33. The molecule has 0 saturated carbocycles. The van der Waals surface area contributed by atoms with Gasteiger partial charge in [0.15, 0.2) is 0 Å². The number of rotatable bonds is 3. The Balaban J connectivity index is 2.15. The van der Waals surface area contributed by atoms with Crippen molar-refractivity contribution in [3.8, 4) is 0 Å². The van der Waals surface area contributed by atoms with E-state index < -0.39 is 0 Å². The average Bonchev–Trinajstić information content (AvgIpc) is 2.37. The zero-order chi connectivity index (χ0) is 7.40. The van der Waals surface area contributed by atoms with E-state index in [1.165, 1.54) is 32.5 Å². The molecule has 0 aromatic carbocycles. The monoisotopic (exact) mass is 161 g/mol. The number of alkyl halides is 1. The summed E-state index contributed by atoms with van der Waals surface area (Å²) in [5, 5.41) is 0. The highest BCUT2D eigenvalue weighted by atomic mass is 35.5. The molecule has 2 heteroatoms. The molecule has 1 nitrogen and oxygen atoms in total. The number of hydrogen-bond acceptors (Lipinski definition) is 1. The summed E-state index contributed by atoms with van der Waals surface area (Å²) in [6.07, 6.45) is 2.57. The van der Waals surface area contributed by atoms with Crippen molar-refractivity contribution in [1.82, 2.24) is 4.90 Å². The molecule has 1 fully saturated rings. The highest BCUT2D eigenvalue weighted by Crippen LogP contribution is 2.18. The van der Waals surface area contributed by atoms with E-state index >= 15 is 0 Å². The zero-order valence-corrected chi connectivity index (χ0v) is 7.40. The van der Waals surface area contributed by atoms with E-state index in [9.17, 15) is 0 Å². The topological polar surface area (TPSA) is 3.24 Å². The van der Waals surface area contributed by atoms with Crippen molar-refractivity contribution in [2.45, 2.75) is 19.8 Å². The maximum Gasteiger partial charge on any atom is 0.0226 e. The van der Waals surface area contributed by atoms with Crippen LogP contribution in [0.1, 0.15) is 19.8 Å². The number of hydrogen-bond donors (Lipinski definition) is 0. The first-order chi connectivity index (χ1) is 4.86. The van der Waals surface area contributed by atoms with Crippen LogP contribution >= 0.6 is 11.6 Å². The summed E-state index contributed by atoms with van der Waals surface area (Å²) in [7, 11) is 0. The molecule has 1 saturated heterocycles. The minimum atomic E-state index is 0.836. The lowest BCUT2D eigenvalue weighted by molar-refractivity contribution is 0.341. The molecule has 10 heavy (non-hydrogen) atoms. The summed E-state index contributed by atoms with van der Waals surface area (Å²) in [6.45, 7) is 6.00. The molecule has 1 heterocycles. The maximum atomic E-state index is 5.65. The van der Waals surface area contributed by atoms with E-state index in [0.29, 0.717) is 0 Å². The molecule has 1 aliphatic rings. The van der Waals surface area contributed by atoms with Crippen LogP contribution in [0.15, 0.2) is 0 Å². The molecule has 60 valence electrons. The molecule has 1 aliphatic heterocycles. The fraction of sp³-hybridized carbons (Fsp3) is 1.00. The molecule has 0 aliphatic carbocycles. The highest BCUT2D eigenvalue weighted by Gasteiger charge is 2.19. The molecule has 0 spiro atoms. The molecule has 1 unspecified atom stereocenters. The number of halogens is 1. The van der Waals surface area contributed by atoms with Crippen molar-refractivity contribution in [3.05, 3.63) is 0 Å². The highest BCUT2D eigenvalue weighted by molar-refractivity contribution is 6.17. The maximum absolute atomic E-state index is 5.65. The molecule has 0 radical (unpaired) electrons. The van der Waals surface area contributed by atoms with Gasteiger partial charge >= 0.3 is 0 Å². The van der Waals surface area contributed by atoms with Crippen molar-refractivity contribution in [2.75, 3.05) is 25.5 Å². The second-order valence-electron chi connectivity index (χ2n) is 3.03. The molecule has 1 rings (SSSR count). The van der Waals surface area contributed by atoms with Gasteiger partial charge in [-0.15, -0.1) is 11.6 Å². The first-order valence-electron chi connectivity index (χ1n) is 4.15. The predicted molar refractivity (Wildman–Crippen MR) is 45.6 cm³/mol. The average molecular weight is 162 g/mol. The van der Waals surface area contributed by atoms with Crippen LogP contribution in [-0.4, -0.2) is 30.4 Å². The van der Waals surface area contributed by atoms with Crippen molar-refractivity contribution in [3.63, 3.8) is 0 Å². The molecule has 0 aromatic heterocycles. The predicted octanol–water partition coefficient (Wildman–Crippen LogP) is 1.96. The van der Waals surface area contributed by atoms with Crippen LogP contribution in [0.2, 0.25) is 0 Å². The van der Waals surface area contributed by atoms with E-state index in [4.69, 9.17) is 11.6 Å². The summed E-state index contributed by atoms with van der Waals surface area (Å²) in [6, 6.07) is 0. The standard InChI is InChI=1S/C8H16ClN/c1-2-10-6-4-8(7-10)3-5-9/h8H,2-7H2,1H3. The smallest absolute Gasteiger partial charge is 0.0226 e. The van der Waals surface area contributed by atoms with Crippen LogP contribution in [0.3, 0.4) is 0 Å². The molecule has 0 bridgehead atoms. The van der Waals surface area contributed by atoms with Crippen LogP contribution in [0.4, 0.5) is 0 Å². The zero-order valence-electron chi connectivity index (χ0n) is 6.65. The van der Waals surface area contributed by atoms with Crippen LogP contribution in [0.25, 0.3) is 0 Å². The Morgan fingerprint density at radius 2 is 2.40 bits per heavy atom. The summed E-state index contributed by atoms with van der Waals surface area (Å²) in [5.74, 6) is 1.72. The van der Waals surface area contributed by atoms with Crippen molar-refractivity contribution in [2.24, 2.45) is 5.92 Å². The van der Waals surface area contributed by atoms with Crippen LogP contribution in [0, 0.1) is 5.92 Å². The van der Waals surface area contributed by atoms with Gasteiger partial charge < -0.3 is 4.90 Å². The largest absolute Gasteiger partial charge is 0.303 e. The lowest BCUT2D eigenvalue weighted by atomic mass is 10.1. The van der Waals surface area contributed by atoms with Crippen molar-refractivity contribution < 1.29 is 0 Å². The quantitative estimate of drug-likeness (QED) is 0.572. The summed E-state index contributed by atoms with van der Waals surface area (Å²) in [4.78, 5) is 2.50. The van der Waals surface area contributed by atoms with Gasteiger partial charge in [0.1, 0.15) is 0 Å². The van der Waals surface area contributed by atoms with Gasteiger partial charge in [0.2, 0.25) is 0 Å². The van der Waals surface area contributed by atoms with Gasteiger partial charge in [0, 0.05) is 12.4 Å². The van der Waals surface area contributed by atoms with Gasteiger partial charge in [0.05, 0.1) is 0 Å². The molecule has 1 atom stereocenters. The molecule has 0 amide bonds. The van der Waals surface area contributed by atoms with E-state index in [0.717, 1.165) is 11.8 Å². The van der Waals surface area contributed by atoms with Gasteiger partial charge in [-0.2, -0.15) is 0 Å². The fourth-order valence-corrected chi connectivity index (χ4v) is 1.90. The van der Waals surface area contributed by atoms with E-state index in [2.05, 4.69) is 11.8 Å². The Morgan fingerprint density at radius 3 is 2.90 bits per heavy atom. The Bertz CT molecular complexity index is 95.3. The minimum Gasteiger partial charge on any atom is -0.303 e. The van der Waals surface area contributed by atoms with Crippen molar-refractivity contribution in [1.29, 1.82) is 0 Å². The normalized spacial score (nSPS) is 27.6. The Morgan fingerprint density at radius 1 is 1.60 bits per heavy atom. The lowest BCUT2D eigenvalue weighted by Gasteiger charge is -2.11. The number of nitrogens with zero attached hydrogens (tertiary/aromatic N) is 1. The van der Waals surface area contributed by atoms with E-state index in [1.54, 1.807) is 0 Å². The van der Waals surface area contributed by atoms with Gasteiger partial charge in [-0.1, -0.05) is 6.92 Å². The molecular weight excluding hydrogens is 146 g/mol. The van der Waals surface area contributed by atoms with Gasteiger partial charge in [-0.3, -0.25) is 0 Å². The Hall–Kier alpha value is 0.250. The van der Waals surface area contributed by atoms with E-state index in [1.807, 2.05) is 0 Å².